The summed E-state index contributed by atoms with van der Waals surface area (Å²) >= 11 is 1.11. The van der Waals surface area contributed by atoms with Crippen molar-refractivity contribution in [3.05, 3.63) is 33.8 Å². The number of amides is 2. The fourth-order valence-electron chi connectivity index (χ4n) is 4.28. The molecular formula is C20H26N6O2S. The van der Waals surface area contributed by atoms with E-state index in [1.54, 1.807) is 18.0 Å². The number of rotatable bonds is 4. The smallest absolute Gasteiger partial charge is 0.268 e. The molecule has 1 saturated carbocycles. The Bertz CT molecular complexity index is 908. The first-order valence-electron chi connectivity index (χ1n) is 10.3. The first-order chi connectivity index (χ1) is 14.0. The maximum Gasteiger partial charge on any atom is 0.268 e. The predicted molar refractivity (Wildman–Crippen MR) is 109 cm³/mol. The molecule has 154 valence electrons. The molecule has 2 amide bonds. The third-order valence-electron chi connectivity index (χ3n) is 5.80. The van der Waals surface area contributed by atoms with Gasteiger partial charge in [-0.15, -0.1) is 5.10 Å². The molecule has 2 fully saturated rings. The number of hydrogen-bond donors (Lipinski definition) is 1. The summed E-state index contributed by atoms with van der Waals surface area (Å²) in [5.74, 6) is 0.376. The summed E-state index contributed by atoms with van der Waals surface area (Å²) in [6.45, 7) is 4.23. The number of carbonyl (C=O) groups excluding carboxylic acids is 2. The van der Waals surface area contributed by atoms with Crippen molar-refractivity contribution in [1.29, 1.82) is 0 Å². The van der Waals surface area contributed by atoms with Gasteiger partial charge in [0.25, 0.3) is 11.8 Å². The van der Waals surface area contributed by atoms with E-state index in [2.05, 4.69) is 24.9 Å². The van der Waals surface area contributed by atoms with Gasteiger partial charge in [-0.2, -0.15) is 0 Å². The fraction of sp³-hybridized carbons (Fsp3) is 0.600. The SMILES string of the molecule is Cc1ncc(C(=O)NC2CCCCC2)c(C2CCCN2C(=O)c2snnc2C)n1. The van der Waals surface area contributed by atoms with Crippen LogP contribution in [0.1, 0.15) is 88.2 Å². The summed E-state index contributed by atoms with van der Waals surface area (Å²) in [6, 6.07) is -0.0320. The van der Waals surface area contributed by atoms with Crippen LogP contribution >= 0.6 is 11.5 Å². The van der Waals surface area contributed by atoms with Gasteiger partial charge in [-0.3, -0.25) is 9.59 Å². The Morgan fingerprint density at radius 2 is 1.93 bits per heavy atom. The van der Waals surface area contributed by atoms with Crippen molar-refractivity contribution < 1.29 is 9.59 Å². The van der Waals surface area contributed by atoms with E-state index in [4.69, 9.17) is 0 Å². The highest BCUT2D eigenvalue weighted by molar-refractivity contribution is 7.07. The fourth-order valence-corrected chi connectivity index (χ4v) is 4.89. The van der Waals surface area contributed by atoms with Gasteiger partial charge in [0.05, 0.1) is 23.0 Å². The van der Waals surface area contributed by atoms with Crippen molar-refractivity contribution in [1.82, 2.24) is 29.8 Å². The molecule has 0 spiro atoms. The van der Waals surface area contributed by atoms with Crippen LogP contribution in [0.15, 0.2) is 6.20 Å². The van der Waals surface area contributed by atoms with Gasteiger partial charge in [0.2, 0.25) is 0 Å². The number of carbonyl (C=O) groups is 2. The second-order valence-electron chi connectivity index (χ2n) is 7.87. The van der Waals surface area contributed by atoms with Crippen molar-refractivity contribution in [2.45, 2.75) is 70.9 Å². The monoisotopic (exact) mass is 414 g/mol. The summed E-state index contributed by atoms with van der Waals surface area (Å²) < 4.78 is 3.89. The molecule has 1 atom stereocenters. The third-order valence-corrected chi connectivity index (χ3v) is 6.61. The minimum Gasteiger partial charge on any atom is -0.349 e. The van der Waals surface area contributed by atoms with Crippen molar-refractivity contribution in [3.8, 4) is 0 Å². The number of likely N-dealkylation sites (tertiary alicyclic amines) is 1. The van der Waals surface area contributed by atoms with Gasteiger partial charge < -0.3 is 10.2 Å². The highest BCUT2D eigenvalue weighted by Gasteiger charge is 2.36. The Hall–Kier alpha value is -2.42. The second-order valence-corrected chi connectivity index (χ2v) is 8.62. The van der Waals surface area contributed by atoms with Crippen LogP contribution in [0.3, 0.4) is 0 Å². The molecule has 0 aromatic carbocycles. The first kappa shape index (κ1) is 19.9. The molecule has 4 rings (SSSR count). The Morgan fingerprint density at radius 3 is 2.66 bits per heavy atom. The van der Waals surface area contributed by atoms with E-state index in [0.29, 0.717) is 34.2 Å². The lowest BCUT2D eigenvalue weighted by Gasteiger charge is -2.27. The lowest BCUT2D eigenvalue weighted by Crippen LogP contribution is -2.38. The molecule has 1 aliphatic carbocycles. The summed E-state index contributed by atoms with van der Waals surface area (Å²) in [6.07, 6.45) is 8.81. The van der Waals surface area contributed by atoms with Crippen LogP contribution in [0.25, 0.3) is 0 Å². The number of nitrogens with zero attached hydrogens (tertiary/aromatic N) is 5. The van der Waals surface area contributed by atoms with Gasteiger partial charge in [0, 0.05) is 18.8 Å². The summed E-state index contributed by atoms with van der Waals surface area (Å²) in [5, 5.41) is 7.12. The summed E-state index contributed by atoms with van der Waals surface area (Å²) in [4.78, 5) is 37.4. The zero-order valence-corrected chi connectivity index (χ0v) is 17.7. The van der Waals surface area contributed by atoms with Crippen molar-refractivity contribution in [2.75, 3.05) is 6.54 Å². The lowest BCUT2D eigenvalue weighted by molar-refractivity contribution is 0.0732. The quantitative estimate of drug-likeness (QED) is 0.825. The number of nitrogens with one attached hydrogen (secondary N) is 1. The van der Waals surface area contributed by atoms with Crippen molar-refractivity contribution >= 4 is 23.3 Å². The van der Waals surface area contributed by atoms with Gasteiger partial charge in [-0.25, -0.2) is 9.97 Å². The van der Waals surface area contributed by atoms with Gasteiger partial charge in [-0.1, -0.05) is 23.8 Å². The molecule has 3 heterocycles. The average molecular weight is 415 g/mol. The molecular weight excluding hydrogens is 388 g/mol. The van der Waals surface area contributed by atoms with Crippen LogP contribution in [-0.2, 0) is 0 Å². The standard InChI is InChI=1S/C20H26N6O2S/c1-12-18(29-25-24-12)20(28)26-10-6-9-16(26)17-15(11-21-13(2)22-17)19(27)23-14-7-4-3-5-8-14/h11,14,16H,3-10H2,1-2H3,(H,23,27). The Balaban J connectivity index is 1.61. The summed E-state index contributed by atoms with van der Waals surface area (Å²) in [5.41, 5.74) is 1.76. The minimum atomic E-state index is -0.238. The molecule has 2 aliphatic rings. The molecule has 0 bridgehead atoms. The second kappa shape index (κ2) is 8.52. The zero-order valence-electron chi connectivity index (χ0n) is 16.8. The van der Waals surface area contributed by atoms with E-state index in [1.807, 2.05) is 6.92 Å². The van der Waals surface area contributed by atoms with E-state index in [9.17, 15) is 9.59 Å². The third kappa shape index (κ3) is 4.14. The zero-order chi connectivity index (χ0) is 20.4. The molecule has 2 aromatic rings. The van der Waals surface area contributed by atoms with E-state index >= 15 is 0 Å². The predicted octanol–water partition coefficient (Wildman–Crippen LogP) is 2.98. The molecule has 1 aliphatic heterocycles. The molecule has 29 heavy (non-hydrogen) atoms. The number of hydrogen-bond acceptors (Lipinski definition) is 7. The number of aromatic nitrogens is 4. The molecule has 0 radical (unpaired) electrons. The van der Waals surface area contributed by atoms with E-state index < -0.39 is 0 Å². The van der Waals surface area contributed by atoms with Gasteiger partial charge in [0.15, 0.2) is 0 Å². The molecule has 1 saturated heterocycles. The molecule has 2 aromatic heterocycles. The Labute approximate surface area is 174 Å². The topological polar surface area (TPSA) is 101 Å². The number of aryl methyl sites for hydroxylation is 2. The average Bonchev–Trinajstić information content (AvgIpc) is 3.37. The molecule has 8 nitrogen and oxygen atoms in total. The molecule has 9 heteroatoms. The maximum atomic E-state index is 13.1. The highest BCUT2D eigenvalue weighted by atomic mass is 32.1. The van der Waals surface area contributed by atoms with E-state index in [1.165, 1.54) is 6.42 Å². The van der Waals surface area contributed by atoms with Crippen LogP contribution in [-0.4, -0.2) is 48.9 Å². The molecule has 1 N–H and O–H groups in total. The highest BCUT2D eigenvalue weighted by Crippen LogP contribution is 2.34. The van der Waals surface area contributed by atoms with Crippen molar-refractivity contribution in [2.24, 2.45) is 0 Å². The van der Waals surface area contributed by atoms with Crippen molar-refractivity contribution in [3.63, 3.8) is 0 Å². The van der Waals surface area contributed by atoms with Gasteiger partial charge in [0.1, 0.15) is 10.7 Å². The van der Waals surface area contributed by atoms with Crippen LogP contribution in [0.5, 0.6) is 0 Å². The maximum absolute atomic E-state index is 13.1. The van der Waals surface area contributed by atoms with Crippen LogP contribution in [0, 0.1) is 13.8 Å². The molecule has 1 unspecified atom stereocenters. The largest absolute Gasteiger partial charge is 0.349 e. The lowest BCUT2D eigenvalue weighted by atomic mass is 9.95. The van der Waals surface area contributed by atoms with Gasteiger partial charge >= 0.3 is 0 Å². The summed E-state index contributed by atoms with van der Waals surface area (Å²) in [7, 11) is 0. The Morgan fingerprint density at radius 1 is 1.14 bits per heavy atom. The van der Waals surface area contributed by atoms with Crippen LogP contribution in [0.2, 0.25) is 0 Å². The van der Waals surface area contributed by atoms with E-state index in [-0.39, 0.29) is 23.9 Å². The first-order valence-corrected chi connectivity index (χ1v) is 11.1. The minimum absolute atomic E-state index is 0.0881. The van der Waals surface area contributed by atoms with Crippen LogP contribution < -0.4 is 5.32 Å². The van der Waals surface area contributed by atoms with E-state index in [0.717, 1.165) is 50.1 Å². The normalized spacial score (nSPS) is 20.1. The Kier molecular flexibility index (Phi) is 5.84. The van der Waals surface area contributed by atoms with Gasteiger partial charge in [-0.05, 0) is 51.1 Å². The van der Waals surface area contributed by atoms with Crippen LogP contribution in [0.4, 0.5) is 0 Å².